The van der Waals surface area contributed by atoms with Crippen LogP contribution in [0.2, 0.25) is 0 Å². The van der Waals surface area contributed by atoms with E-state index in [-0.39, 0.29) is 30.0 Å². The molecule has 0 atom stereocenters. The molecule has 1 fully saturated rings. The summed E-state index contributed by atoms with van der Waals surface area (Å²) in [6.45, 7) is 1.36. The number of furan rings is 1. The fraction of sp³-hybridized carbons (Fsp3) is 0.318. The molecule has 1 amide bonds. The Hall–Kier alpha value is -3.93. The van der Waals surface area contributed by atoms with Crippen LogP contribution < -0.4 is 20.1 Å². The largest absolute Gasteiger partial charge is 0.497 e. The summed E-state index contributed by atoms with van der Waals surface area (Å²) >= 11 is 0. The number of rotatable bonds is 7. The molecule has 0 unspecified atom stereocenters. The molecule has 9 heteroatoms. The number of anilines is 1. The third-order valence-electron chi connectivity index (χ3n) is 5.21. The smallest absolute Gasteiger partial charge is 0.266 e. The van der Waals surface area contributed by atoms with E-state index in [0.717, 1.165) is 5.75 Å². The third kappa shape index (κ3) is 4.48. The van der Waals surface area contributed by atoms with E-state index in [1.54, 1.807) is 19.2 Å². The minimum absolute atomic E-state index is 0.150. The number of piperidine rings is 1. The Kier molecular flexibility index (Phi) is 5.80. The number of hydrogen-bond acceptors (Lipinski definition) is 8. The minimum atomic E-state index is -0.293. The van der Waals surface area contributed by atoms with E-state index >= 15 is 0 Å². The molecular weight excluding hydrogens is 400 g/mol. The van der Waals surface area contributed by atoms with Crippen molar-refractivity contribution in [3.63, 3.8) is 0 Å². The van der Waals surface area contributed by atoms with Gasteiger partial charge in [-0.25, -0.2) is 0 Å². The number of primary amides is 1. The molecule has 2 aromatic heterocycles. The molecule has 1 aromatic carbocycles. The zero-order valence-electron chi connectivity index (χ0n) is 17.0. The number of methoxy groups -OCH3 is 1. The molecule has 1 saturated heterocycles. The van der Waals surface area contributed by atoms with Gasteiger partial charge in [0.2, 0.25) is 17.5 Å². The fourth-order valence-electron chi connectivity index (χ4n) is 3.47. The molecule has 9 nitrogen and oxygen atoms in total. The zero-order valence-corrected chi connectivity index (χ0v) is 17.0. The molecule has 1 aliphatic heterocycles. The van der Waals surface area contributed by atoms with Crippen LogP contribution in [0, 0.1) is 17.2 Å². The monoisotopic (exact) mass is 422 g/mol. The molecule has 0 spiro atoms. The molecule has 3 heterocycles. The van der Waals surface area contributed by atoms with Gasteiger partial charge >= 0.3 is 0 Å². The van der Waals surface area contributed by atoms with Gasteiger partial charge in [-0.15, -0.1) is 0 Å². The zero-order chi connectivity index (χ0) is 21.8. The quantitative estimate of drug-likeness (QED) is 0.615. The average molecular weight is 422 g/mol. The van der Waals surface area contributed by atoms with Gasteiger partial charge in [0.1, 0.15) is 29.9 Å². The van der Waals surface area contributed by atoms with Crippen molar-refractivity contribution < 1.29 is 23.1 Å². The summed E-state index contributed by atoms with van der Waals surface area (Å²) in [5.74, 6) is 2.59. The van der Waals surface area contributed by atoms with E-state index in [2.05, 4.69) is 11.1 Å². The molecule has 0 bridgehead atoms. The summed E-state index contributed by atoms with van der Waals surface area (Å²) < 4.78 is 22.5. The number of oxazole rings is 1. The molecular formula is C22H22N4O5. The lowest BCUT2D eigenvalue weighted by molar-refractivity contribution is -0.122. The van der Waals surface area contributed by atoms with E-state index in [4.69, 9.17) is 24.0 Å². The second kappa shape index (κ2) is 8.83. The summed E-state index contributed by atoms with van der Waals surface area (Å²) in [7, 11) is 1.61. The van der Waals surface area contributed by atoms with Crippen LogP contribution in [0.25, 0.3) is 11.7 Å². The van der Waals surface area contributed by atoms with Gasteiger partial charge < -0.3 is 28.9 Å². The van der Waals surface area contributed by atoms with Crippen LogP contribution in [-0.2, 0) is 11.4 Å². The lowest BCUT2D eigenvalue weighted by Gasteiger charge is -2.30. The van der Waals surface area contributed by atoms with Crippen LogP contribution in [0.4, 0.5) is 5.88 Å². The van der Waals surface area contributed by atoms with Crippen molar-refractivity contribution in [3.05, 3.63) is 47.9 Å². The van der Waals surface area contributed by atoms with Crippen LogP contribution >= 0.6 is 0 Å². The van der Waals surface area contributed by atoms with Crippen molar-refractivity contribution >= 4 is 11.8 Å². The van der Waals surface area contributed by atoms with Gasteiger partial charge in [0, 0.05) is 19.0 Å². The maximum absolute atomic E-state index is 11.4. The van der Waals surface area contributed by atoms with Crippen LogP contribution in [-0.4, -0.2) is 31.1 Å². The van der Waals surface area contributed by atoms with Gasteiger partial charge in [-0.3, -0.25) is 4.79 Å². The number of nitrogens with two attached hydrogens (primary N) is 1. The number of amides is 1. The molecule has 2 N–H and O–H groups in total. The highest BCUT2D eigenvalue weighted by Gasteiger charge is 2.28. The van der Waals surface area contributed by atoms with Gasteiger partial charge in [0.25, 0.3) is 5.89 Å². The fourth-order valence-corrected chi connectivity index (χ4v) is 3.47. The lowest BCUT2D eigenvalue weighted by Crippen LogP contribution is -2.38. The maximum Gasteiger partial charge on any atom is 0.266 e. The van der Waals surface area contributed by atoms with E-state index in [9.17, 15) is 10.1 Å². The molecule has 0 aliphatic carbocycles. The second-order valence-corrected chi connectivity index (χ2v) is 7.18. The summed E-state index contributed by atoms with van der Waals surface area (Å²) in [6.07, 6.45) is 1.23. The normalized spacial score (nSPS) is 14.3. The van der Waals surface area contributed by atoms with E-state index < -0.39 is 0 Å². The van der Waals surface area contributed by atoms with Gasteiger partial charge in [0.05, 0.1) is 7.11 Å². The van der Waals surface area contributed by atoms with Crippen molar-refractivity contribution in [1.29, 1.82) is 5.26 Å². The number of carbonyl (C=O) groups is 1. The van der Waals surface area contributed by atoms with Gasteiger partial charge in [-0.1, -0.05) is 0 Å². The number of nitriles is 1. The van der Waals surface area contributed by atoms with Gasteiger partial charge in [-0.05, 0) is 49.2 Å². The van der Waals surface area contributed by atoms with Crippen LogP contribution in [0.3, 0.4) is 0 Å². The van der Waals surface area contributed by atoms with Gasteiger partial charge in [-0.2, -0.15) is 10.2 Å². The van der Waals surface area contributed by atoms with Crippen molar-refractivity contribution in [2.75, 3.05) is 25.1 Å². The van der Waals surface area contributed by atoms with Crippen LogP contribution in [0.1, 0.15) is 24.3 Å². The highest BCUT2D eigenvalue weighted by atomic mass is 16.5. The first kappa shape index (κ1) is 20.3. The summed E-state index contributed by atoms with van der Waals surface area (Å²) in [4.78, 5) is 17.5. The highest BCUT2D eigenvalue weighted by molar-refractivity contribution is 5.77. The standard InChI is InChI=1S/C22H22N4O5/c1-28-15-2-4-16(5-3-15)29-13-17-6-7-19(30-17)21-25-18(12-23)22(31-21)26-10-8-14(9-11-26)20(24)27/h2-7,14H,8-11,13H2,1H3,(H2,24,27). The minimum Gasteiger partial charge on any atom is -0.497 e. The van der Waals surface area contributed by atoms with E-state index in [1.165, 1.54) is 0 Å². The maximum atomic E-state index is 11.4. The second-order valence-electron chi connectivity index (χ2n) is 7.18. The summed E-state index contributed by atoms with van der Waals surface area (Å²) in [6, 6.07) is 12.8. The summed E-state index contributed by atoms with van der Waals surface area (Å²) in [5, 5.41) is 9.47. The Bertz CT molecular complexity index is 1090. The average Bonchev–Trinajstić information content (AvgIpc) is 3.45. The first-order valence-electron chi connectivity index (χ1n) is 9.88. The van der Waals surface area contributed by atoms with E-state index in [0.29, 0.717) is 49.1 Å². The van der Waals surface area contributed by atoms with Crippen molar-refractivity contribution in [2.45, 2.75) is 19.4 Å². The highest BCUT2D eigenvalue weighted by Crippen LogP contribution is 2.32. The number of benzene rings is 1. The van der Waals surface area contributed by atoms with E-state index in [1.807, 2.05) is 29.2 Å². The first-order chi connectivity index (χ1) is 15.1. The van der Waals surface area contributed by atoms with Crippen molar-refractivity contribution in [1.82, 2.24) is 4.98 Å². The topological polar surface area (TPSA) is 128 Å². The number of aromatic nitrogens is 1. The number of nitrogens with zero attached hydrogens (tertiary/aromatic N) is 3. The molecule has 4 rings (SSSR count). The van der Waals surface area contributed by atoms with Crippen LogP contribution in [0.5, 0.6) is 11.5 Å². The predicted octanol–water partition coefficient (Wildman–Crippen LogP) is 3.10. The Morgan fingerprint density at radius 1 is 1.19 bits per heavy atom. The SMILES string of the molecule is COc1ccc(OCc2ccc(-c3nc(C#N)c(N4CCC(C(N)=O)CC4)o3)o2)cc1. The molecule has 160 valence electrons. The third-order valence-corrected chi connectivity index (χ3v) is 5.21. The van der Waals surface area contributed by atoms with Crippen LogP contribution in [0.15, 0.2) is 45.2 Å². The van der Waals surface area contributed by atoms with Gasteiger partial charge in [0.15, 0.2) is 5.76 Å². The Morgan fingerprint density at radius 2 is 1.90 bits per heavy atom. The molecule has 3 aromatic rings. The molecule has 31 heavy (non-hydrogen) atoms. The Balaban J connectivity index is 1.43. The predicted molar refractivity (Wildman–Crippen MR) is 110 cm³/mol. The number of hydrogen-bond donors (Lipinski definition) is 1. The van der Waals surface area contributed by atoms with Crippen molar-refractivity contribution in [2.24, 2.45) is 11.7 Å². The molecule has 0 saturated carbocycles. The lowest BCUT2D eigenvalue weighted by atomic mass is 9.96. The molecule has 0 radical (unpaired) electrons. The Morgan fingerprint density at radius 3 is 2.55 bits per heavy atom. The van der Waals surface area contributed by atoms with Crippen molar-refractivity contribution in [3.8, 4) is 29.2 Å². The first-order valence-corrected chi connectivity index (χ1v) is 9.88. The number of ether oxygens (including phenoxy) is 2. The Labute approximate surface area is 179 Å². The summed E-state index contributed by atoms with van der Waals surface area (Å²) in [5.41, 5.74) is 5.57. The molecule has 1 aliphatic rings. The number of carbonyl (C=O) groups excluding carboxylic acids is 1.